The van der Waals surface area contributed by atoms with E-state index in [1.807, 2.05) is 19.4 Å². The topological polar surface area (TPSA) is 76.5 Å². The second-order valence-corrected chi connectivity index (χ2v) is 4.88. The van der Waals surface area contributed by atoms with E-state index >= 15 is 0 Å². The number of hydrogen-bond donors (Lipinski definition) is 2. The molecule has 1 aromatic rings. The Labute approximate surface area is 107 Å². The maximum absolute atomic E-state index is 9.22. The minimum Gasteiger partial charge on any atom is -0.394 e. The van der Waals surface area contributed by atoms with Crippen molar-refractivity contribution in [3.8, 4) is 0 Å². The van der Waals surface area contributed by atoms with Gasteiger partial charge in [-0.25, -0.2) is 0 Å². The van der Waals surface area contributed by atoms with Gasteiger partial charge in [0.15, 0.2) is 0 Å². The lowest BCUT2D eigenvalue weighted by molar-refractivity contribution is -0.0907. The largest absolute Gasteiger partial charge is 0.394 e. The molecule has 2 heterocycles. The number of aliphatic hydroxyl groups is 1. The maximum Gasteiger partial charge on any atom is 0.0933 e. The van der Waals surface area contributed by atoms with Gasteiger partial charge in [0.05, 0.1) is 31.6 Å². The Morgan fingerprint density at radius 2 is 2.44 bits per heavy atom. The van der Waals surface area contributed by atoms with Crippen LogP contribution in [0.25, 0.3) is 0 Å². The smallest absolute Gasteiger partial charge is 0.0933 e. The maximum atomic E-state index is 9.22. The average molecular weight is 254 g/mol. The van der Waals surface area contributed by atoms with E-state index < -0.39 is 0 Å². The lowest BCUT2D eigenvalue weighted by atomic mass is 10.1. The van der Waals surface area contributed by atoms with Crippen LogP contribution in [-0.4, -0.2) is 58.2 Å². The Bertz CT molecular complexity index is 382. The van der Waals surface area contributed by atoms with Crippen molar-refractivity contribution in [1.82, 2.24) is 14.7 Å². The molecule has 2 rings (SSSR count). The molecule has 0 saturated carbocycles. The molecule has 1 aliphatic heterocycles. The number of ether oxygens (including phenoxy) is 1. The molecule has 0 radical (unpaired) electrons. The third kappa shape index (κ3) is 2.72. The zero-order valence-electron chi connectivity index (χ0n) is 11.0. The van der Waals surface area contributed by atoms with Gasteiger partial charge in [0.1, 0.15) is 0 Å². The summed E-state index contributed by atoms with van der Waals surface area (Å²) in [4.78, 5) is 2.29. The van der Waals surface area contributed by atoms with Crippen LogP contribution in [0, 0.1) is 0 Å². The highest BCUT2D eigenvalue weighted by Crippen LogP contribution is 2.25. The van der Waals surface area contributed by atoms with Gasteiger partial charge in [0.25, 0.3) is 0 Å². The van der Waals surface area contributed by atoms with E-state index in [4.69, 9.17) is 10.5 Å². The van der Waals surface area contributed by atoms with Crippen LogP contribution in [0.15, 0.2) is 12.4 Å². The number of aromatic nitrogens is 2. The van der Waals surface area contributed by atoms with Crippen molar-refractivity contribution in [3.63, 3.8) is 0 Å². The van der Waals surface area contributed by atoms with Gasteiger partial charge in [0, 0.05) is 37.9 Å². The van der Waals surface area contributed by atoms with Crippen molar-refractivity contribution in [1.29, 1.82) is 0 Å². The highest BCUT2D eigenvalue weighted by Gasteiger charge is 2.31. The number of aliphatic hydroxyl groups excluding tert-OH is 1. The fourth-order valence-corrected chi connectivity index (χ4v) is 2.46. The molecule has 1 fully saturated rings. The molecule has 0 aromatic carbocycles. The number of nitrogens with zero attached hydrogens (tertiary/aromatic N) is 3. The third-order valence-corrected chi connectivity index (χ3v) is 3.49. The van der Waals surface area contributed by atoms with Crippen LogP contribution in [0.4, 0.5) is 0 Å². The summed E-state index contributed by atoms with van der Waals surface area (Å²) in [6, 6.07) is 0.424. The van der Waals surface area contributed by atoms with E-state index in [1.165, 1.54) is 0 Å². The Hall–Kier alpha value is -0.950. The first kappa shape index (κ1) is 13.5. The molecular weight excluding hydrogens is 232 g/mol. The zero-order valence-corrected chi connectivity index (χ0v) is 11.0. The Balaban J connectivity index is 2.15. The summed E-state index contributed by atoms with van der Waals surface area (Å²) >= 11 is 0. The van der Waals surface area contributed by atoms with E-state index in [-0.39, 0.29) is 18.8 Å². The van der Waals surface area contributed by atoms with E-state index in [9.17, 15) is 5.11 Å². The number of nitrogens with two attached hydrogens (primary N) is 1. The highest BCUT2D eigenvalue weighted by atomic mass is 16.5. The van der Waals surface area contributed by atoms with Gasteiger partial charge < -0.3 is 15.6 Å². The SMILES string of the molecule is CC1COC(CO)CN1C(CN)c1cnn(C)c1. The average Bonchev–Trinajstić information content (AvgIpc) is 2.79. The van der Waals surface area contributed by atoms with Crippen molar-refractivity contribution >= 4 is 0 Å². The normalized spacial score (nSPS) is 27.3. The number of aryl methyl sites for hydroxylation is 1. The van der Waals surface area contributed by atoms with Gasteiger partial charge in [0.2, 0.25) is 0 Å². The summed E-state index contributed by atoms with van der Waals surface area (Å²) < 4.78 is 7.34. The highest BCUT2D eigenvalue weighted by molar-refractivity contribution is 5.12. The molecule has 1 aliphatic rings. The number of morpholine rings is 1. The summed E-state index contributed by atoms with van der Waals surface area (Å²) in [6.07, 6.45) is 3.73. The Morgan fingerprint density at radius 1 is 1.67 bits per heavy atom. The minimum absolute atomic E-state index is 0.0492. The van der Waals surface area contributed by atoms with Gasteiger partial charge in [-0.3, -0.25) is 9.58 Å². The summed E-state index contributed by atoms with van der Waals surface area (Å²) in [5.74, 6) is 0. The first-order chi connectivity index (χ1) is 8.65. The van der Waals surface area contributed by atoms with E-state index in [0.717, 1.165) is 5.56 Å². The van der Waals surface area contributed by atoms with Crippen molar-refractivity contribution in [2.45, 2.75) is 25.1 Å². The van der Waals surface area contributed by atoms with Crippen molar-refractivity contribution in [3.05, 3.63) is 18.0 Å². The van der Waals surface area contributed by atoms with E-state index in [2.05, 4.69) is 16.9 Å². The van der Waals surface area contributed by atoms with Gasteiger partial charge in [-0.2, -0.15) is 5.10 Å². The second kappa shape index (κ2) is 5.79. The molecule has 6 nitrogen and oxygen atoms in total. The lowest BCUT2D eigenvalue weighted by Gasteiger charge is -2.41. The van der Waals surface area contributed by atoms with Crippen LogP contribution in [0.5, 0.6) is 0 Å². The van der Waals surface area contributed by atoms with Crippen LogP contribution in [0.3, 0.4) is 0 Å². The number of rotatable bonds is 4. The summed E-state index contributed by atoms with van der Waals surface area (Å²) in [5, 5.41) is 13.4. The van der Waals surface area contributed by atoms with Crippen LogP contribution in [-0.2, 0) is 11.8 Å². The summed E-state index contributed by atoms with van der Waals surface area (Å²) in [7, 11) is 1.90. The Morgan fingerprint density at radius 3 is 3.00 bits per heavy atom. The Kier molecular flexibility index (Phi) is 4.34. The molecular formula is C12H22N4O2. The van der Waals surface area contributed by atoms with E-state index in [1.54, 1.807) is 4.68 Å². The zero-order chi connectivity index (χ0) is 13.1. The molecule has 0 amide bonds. The molecule has 1 saturated heterocycles. The first-order valence-corrected chi connectivity index (χ1v) is 6.32. The number of hydrogen-bond acceptors (Lipinski definition) is 5. The van der Waals surface area contributed by atoms with Crippen molar-refractivity contribution in [2.75, 3.05) is 26.3 Å². The van der Waals surface area contributed by atoms with Gasteiger partial charge in [-0.05, 0) is 6.92 Å². The summed E-state index contributed by atoms with van der Waals surface area (Å²) in [5.41, 5.74) is 7.03. The van der Waals surface area contributed by atoms with Crippen LogP contribution in [0.1, 0.15) is 18.5 Å². The predicted molar refractivity (Wildman–Crippen MR) is 68.0 cm³/mol. The minimum atomic E-state index is -0.119. The molecule has 3 atom stereocenters. The fourth-order valence-electron chi connectivity index (χ4n) is 2.46. The van der Waals surface area contributed by atoms with Crippen LogP contribution in [0.2, 0.25) is 0 Å². The molecule has 18 heavy (non-hydrogen) atoms. The molecule has 0 spiro atoms. The van der Waals surface area contributed by atoms with Crippen LogP contribution >= 0.6 is 0 Å². The summed E-state index contributed by atoms with van der Waals surface area (Å²) in [6.45, 7) is 4.03. The molecule has 1 aromatic heterocycles. The standard InChI is InChI=1S/C12H22N4O2/c1-9-8-18-11(7-17)6-16(9)12(3-13)10-4-14-15(2)5-10/h4-5,9,11-12,17H,3,6-8,13H2,1-2H3. The van der Waals surface area contributed by atoms with Crippen molar-refractivity contribution < 1.29 is 9.84 Å². The third-order valence-electron chi connectivity index (χ3n) is 3.49. The van der Waals surface area contributed by atoms with E-state index in [0.29, 0.717) is 25.7 Å². The lowest BCUT2D eigenvalue weighted by Crippen LogP contribution is -2.52. The van der Waals surface area contributed by atoms with Gasteiger partial charge in [-0.1, -0.05) is 0 Å². The van der Waals surface area contributed by atoms with Gasteiger partial charge >= 0.3 is 0 Å². The second-order valence-electron chi connectivity index (χ2n) is 4.88. The molecule has 102 valence electrons. The molecule has 0 aliphatic carbocycles. The first-order valence-electron chi connectivity index (χ1n) is 6.32. The van der Waals surface area contributed by atoms with Crippen molar-refractivity contribution in [2.24, 2.45) is 12.8 Å². The van der Waals surface area contributed by atoms with Gasteiger partial charge in [-0.15, -0.1) is 0 Å². The fraction of sp³-hybridized carbons (Fsp3) is 0.750. The predicted octanol–water partition coefficient (Wildman–Crippen LogP) is -0.498. The monoisotopic (exact) mass is 254 g/mol. The molecule has 3 N–H and O–H groups in total. The van der Waals surface area contributed by atoms with Crippen LogP contribution < -0.4 is 5.73 Å². The molecule has 3 unspecified atom stereocenters. The molecule has 6 heteroatoms. The quantitative estimate of drug-likeness (QED) is 0.757. The molecule has 0 bridgehead atoms.